The Morgan fingerprint density at radius 1 is 1.22 bits per heavy atom. The molecule has 0 aromatic heterocycles. The van der Waals surface area contributed by atoms with Gasteiger partial charge in [-0.1, -0.05) is 24.3 Å². The van der Waals surface area contributed by atoms with E-state index in [9.17, 15) is 14.9 Å². The minimum Gasteiger partial charge on any atom is -0.364 e. The lowest BCUT2D eigenvalue weighted by molar-refractivity contribution is -0.384. The first-order valence-corrected chi connectivity index (χ1v) is 8.33. The SMILES string of the molecule is CC1(C)Cc2ccccc2C(/C(=N/Nc2ccc([N+](=O)[O-])cc2)C(N)=O)=N1. The molecule has 0 radical (unpaired) electrons. The summed E-state index contributed by atoms with van der Waals surface area (Å²) in [5.74, 6) is -0.712. The smallest absolute Gasteiger partial charge is 0.271 e. The van der Waals surface area contributed by atoms with Crippen LogP contribution in [-0.4, -0.2) is 27.8 Å². The van der Waals surface area contributed by atoms with E-state index < -0.39 is 16.4 Å². The summed E-state index contributed by atoms with van der Waals surface area (Å²) in [4.78, 5) is 27.0. The Morgan fingerprint density at radius 3 is 2.52 bits per heavy atom. The van der Waals surface area contributed by atoms with Gasteiger partial charge in [0.2, 0.25) is 0 Å². The average molecular weight is 365 g/mol. The molecule has 3 N–H and O–H groups in total. The number of nitro groups is 1. The summed E-state index contributed by atoms with van der Waals surface area (Å²) in [5, 5.41) is 14.9. The van der Waals surface area contributed by atoms with Gasteiger partial charge in [-0.15, -0.1) is 0 Å². The molecule has 8 nitrogen and oxygen atoms in total. The van der Waals surface area contributed by atoms with E-state index in [0.717, 1.165) is 17.5 Å². The van der Waals surface area contributed by atoms with Gasteiger partial charge in [-0.05, 0) is 38.0 Å². The van der Waals surface area contributed by atoms with Crippen LogP contribution in [0.15, 0.2) is 58.6 Å². The number of nitrogens with one attached hydrogen (secondary N) is 1. The highest BCUT2D eigenvalue weighted by molar-refractivity contribution is 6.70. The number of hydrogen-bond acceptors (Lipinski definition) is 6. The molecule has 8 heteroatoms. The number of anilines is 1. The summed E-state index contributed by atoms with van der Waals surface area (Å²) in [6.45, 7) is 3.95. The highest BCUT2D eigenvalue weighted by atomic mass is 16.6. The fourth-order valence-electron chi connectivity index (χ4n) is 2.96. The standard InChI is InChI=1S/C19H19N5O3/c1-19(2)11-12-5-3-4-6-15(12)16(21-19)17(18(20)25)23-22-13-7-9-14(10-8-13)24(26)27/h3-10,22H,11H2,1-2H3,(H2,20,25)/b23-17-. The van der Waals surface area contributed by atoms with Crippen LogP contribution in [0.3, 0.4) is 0 Å². The van der Waals surface area contributed by atoms with Gasteiger partial charge in [0.25, 0.3) is 11.6 Å². The zero-order valence-corrected chi connectivity index (χ0v) is 15.0. The van der Waals surface area contributed by atoms with Crippen LogP contribution in [0.5, 0.6) is 0 Å². The zero-order valence-electron chi connectivity index (χ0n) is 15.0. The predicted molar refractivity (Wildman–Crippen MR) is 104 cm³/mol. The van der Waals surface area contributed by atoms with E-state index in [2.05, 4.69) is 15.5 Å². The Balaban J connectivity index is 1.97. The van der Waals surface area contributed by atoms with Gasteiger partial charge in [0.1, 0.15) is 0 Å². The molecule has 2 aromatic carbocycles. The first-order valence-electron chi connectivity index (χ1n) is 8.33. The number of amides is 1. The van der Waals surface area contributed by atoms with E-state index in [1.807, 2.05) is 38.1 Å². The van der Waals surface area contributed by atoms with Gasteiger partial charge in [-0.3, -0.25) is 25.3 Å². The average Bonchev–Trinajstić information content (AvgIpc) is 2.61. The number of rotatable bonds is 5. The zero-order chi connectivity index (χ0) is 19.6. The number of benzene rings is 2. The number of carbonyl (C=O) groups is 1. The van der Waals surface area contributed by atoms with Crippen molar-refractivity contribution in [1.82, 2.24) is 0 Å². The predicted octanol–water partition coefficient (Wildman–Crippen LogP) is 2.67. The molecule has 0 atom stereocenters. The summed E-state index contributed by atoms with van der Waals surface area (Å²) >= 11 is 0. The quantitative estimate of drug-likeness (QED) is 0.480. The lowest BCUT2D eigenvalue weighted by atomic mass is 9.85. The van der Waals surface area contributed by atoms with Crippen LogP contribution >= 0.6 is 0 Å². The molecule has 1 heterocycles. The van der Waals surface area contributed by atoms with Crippen LogP contribution in [-0.2, 0) is 11.2 Å². The van der Waals surface area contributed by atoms with Crippen molar-refractivity contribution in [2.24, 2.45) is 15.8 Å². The van der Waals surface area contributed by atoms with Crippen molar-refractivity contribution in [2.75, 3.05) is 5.43 Å². The van der Waals surface area contributed by atoms with Crippen molar-refractivity contribution in [3.8, 4) is 0 Å². The van der Waals surface area contributed by atoms with Gasteiger partial charge in [0, 0.05) is 17.7 Å². The molecule has 27 heavy (non-hydrogen) atoms. The molecule has 0 unspecified atom stereocenters. The molecule has 3 rings (SSSR count). The topological polar surface area (TPSA) is 123 Å². The fraction of sp³-hybridized carbons (Fsp3) is 0.211. The van der Waals surface area contributed by atoms with Crippen LogP contribution in [0.25, 0.3) is 0 Å². The van der Waals surface area contributed by atoms with E-state index in [4.69, 9.17) is 5.73 Å². The maximum atomic E-state index is 12.1. The van der Waals surface area contributed by atoms with Gasteiger partial charge in [-0.25, -0.2) is 0 Å². The van der Waals surface area contributed by atoms with Gasteiger partial charge in [0.05, 0.1) is 21.9 Å². The monoisotopic (exact) mass is 365 g/mol. The highest BCUT2D eigenvalue weighted by Gasteiger charge is 2.30. The van der Waals surface area contributed by atoms with Crippen molar-refractivity contribution in [1.29, 1.82) is 0 Å². The maximum Gasteiger partial charge on any atom is 0.271 e. The Hall–Kier alpha value is -3.55. The fourth-order valence-corrected chi connectivity index (χ4v) is 2.96. The van der Waals surface area contributed by atoms with Crippen LogP contribution in [0.4, 0.5) is 11.4 Å². The van der Waals surface area contributed by atoms with Crippen molar-refractivity contribution in [2.45, 2.75) is 25.8 Å². The van der Waals surface area contributed by atoms with Gasteiger partial charge < -0.3 is 5.73 Å². The van der Waals surface area contributed by atoms with Crippen LogP contribution < -0.4 is 11.2 Å². The van der Waals surface area contributed by atoms with E-state index in [1.54, 1.807) is 0 Å². The molecule has 138 valence electrons. The molecular weight excluding hydrogens is 346 g/mol. The third-order valence-corrected chi connectivity index (χ3v) is 4.14. The molecule has 1 amide bonds. The number of carbonyl (C=O) groups excluding carboxylic acids is 1. The number of non-ortho nitro benzene ring substituents is 1. The Morgan fingerprint density at radius 2 is 1.89 bits per heavy atom. The molecule has 1 aliphatic rings. The van der Waals surface area contributed by atoms with E-state index in [1.165, 1.54) is 24.3 Å². The molecule has 0 saturated heterocycles. The van der Waals surface area contributed by atoms with Crippen LogP contribution in [0.2, 0.25) is 0 Å². The van der Waals surface area contributed by atoms with Crippen LogP contribution in [0.1, 0.15) is 25.0 Å². The molecule has 0 fully saturated rings. The highest BCUT2D eigenvalue weighted by Crippen LogP contribution is 2.27. The summed E-state index contributed by atoms with van der Waals surface area (Å²) < 4.78 is 0. The number of hydrogen-bond donors (Lipinski definition) is 2. The molecule has 0 saturated carbocycles. The van der Waals surface area contributed by atoms with Gasteiger partial charge in [0.15, 0.2) is 5.71 Å². The maximum absolute atomic E-state index is 12.1. The van der Waals surface area contributed by atoms with Crippen molar-refractivity contribution < 1.29 is 9.72 Å². The molecule has 0 aliphatic carbocycles. The minimum atomic E-state index is -0.712. The third-order valence-electron chi connectivity index (χ3n) is 4.14. The second kappa shape index (κ2) is 6.99. The second-order valence-electron chi connectivity index (χ2n) is 6.85. The summed E-state index contributed by atoms with van der Waals surface area (Å²) in [6, 6.07) is 13.4. The normalized spacial score (nSPS) is 15.5. The first kappa shape index (κ1) is 18.2. The third kappa shape index (κ3) is 4.00. The lowest BCUT2D eigenvalue weighted by Crippen LogP contribution is -2.38. The minimum absolute atomic E-state index is 0.00794. The molecular formula is C19H19N5O3. The van der Waals surface area contributed by atoms with Gasteiger partial charge >= 0.3 is 0 Å². The Bertz CT molecular complexity index is 962. The van der Waals surface area contributed by atoms with Crippen molar-refractivity contribution in [3.05, 3.63) is 69.8 Å². The van der Waals surface area contributed by atoms with E-state index in [-0.39, 0.29) is 11.4 Å². The molecule has 1 aliphatic heterocycles. The molecule has 0 bridgehead atoms. The number of nitrogens with two attached hydrogens (primary N) is 1. The molecule has 2 aromatic rings. The number of fused-ring (bicyclic) bond motifs is 1. The van der Waals surface area contributed by atoms with Crippen molar-refractivity contribution in [3.63, 3.8) is 0 Å². The lowest BCUT2D eigenvalue weighted by Gasteiger charge is -2.28. The molecule has 0 spiro atoms. The van der Waals surface area contributed by atoms with Gasteiger partial charge in [-0.2, -0.15) is 5.10 Å². The number of nitro benzene ring substituents is 1. The summed E-state index contributed by atoms with van der Waals surface area (Å²) in [7, 11) is 0. The van der Waals surface area contributed by atoms with E-state index in [0.29, 0.717) is 11.4 Å². The number of primary amides is 1. The largest absolute Gasteiger partial charge is 0.364 e. The number of nitrogens with zero attached hydrogens (tertiary/aromatic N) is 3. The van der Waals surface area contributed by atoms with Crippen molar-refractivity contribution >= 4 is 28.7 Å². The Labute approximate surface area is 156 Å². The van der Waals surface area contributed by atoms with E-state index >= 15 is 0 Å². The summed E-state index contributed by atoms with van der Waals surface area (Å²) in [6.07, 6.45) is 0.745. The second-order valence-corrected chi connectivity index (χ2v) is 6.85. The number of hydrazone groups is 1. The Kier molecular flexibility index (Phi) is 4.72. The van der Waals surface area contributed by atoms with Crippen LogP contribution in [0, 0.1) is 10.1 Å². The summed E-state index contributed by atoms with van der Waals surface area (Å²) in [5.41, 5.74) is 10.7. The number of aliphatic imine (C=N–C) groups is 1. The first-order chi connectivity index (χ1) is 12.8.